The van der Waals surface area contributed by atoms with Crippen molar-refractivity contribution in [3.05, 3.63) is 59.7 Å². The fourth-order valence-electron chi connectivity index (χ4n) is 3.18. The van der Waals surface area contributed by atoms with Crippen molar-refractivity contribution in [2.45, 2.75) is 40.7 Å². The summed E-state index contributed by atoms with van der Waals surface area (Å²) in [6.07, 6.45) is 0.267. The Hall–Kier alpha value is -2.82. The molecule has 0 unspecified atom stereocenters. The van der Waals surface area contributed by atoms with Gasteiger partial charge in [0.05, 0.1) is 0 Å². The smallest absolute Gasteiger partial charge is 0.226 e. The summed E-state index contributed by atoms with van der Waals surface area (Å²) in [5.41, 5.74) is 4.15. The van der Waals surface area contributed by atoms with Crippen molar-refractivity contribution in [2.24, 2.45) is 0 Å². The monoisotopic (exact) mass is 381 g/mol. The Labute approximate surface area is 168 Å². The Morgan fingerprint density at radius 2 is 1.68 bits per heavy atom. The van der Waals surface area contributed by atoms with E-state index in [9.17, 15) is 9.59 Å². The summed E-state index contributed by atoms with van der Waals surface area (Å²) in [6, 6.07) is 15.9. The predicted molar refractivity (Wildman–Crippen MR) is 116 cm³/mol. The summed E-state index contributed by atoms with van der Waals surface area (Å²) in [4.78, 5) is 28.2. The molecule has 0 aliphatic rings. The number of anilines is 2. The van der Waals surface area contributed by atoms with Crippen LogP contribution in [0.3, 0.4) is 0 Å². The number of amides is 2. The van der Waals surface area contributed by atoms with Gasteiger partial charge in [-0.15, -0.1) is 0 Å². The van der Waals surface area contributed by atoms with Crippen LogP contribution in [-0.2, 0) is 16.1 Å². The third-order valence-corrected chi connectivity index (χ3v) is 4.79. The molecule has 0 heterocycles. The van der Waals surface area contributed by atoms with Gasteiger partial charge in [0, 0.05) is 50.9 Å². The van der Waals surface area contributed by atoms with Crippen LogP contribution in [0.25, 0.3) is 0 Å². The Morgan fingerprint density at radius 3 is 2.25 bits per heavy atom. The third kappa shape index (κ3) is 6.41. The van der Waals surface area contributed by atoms with Crippen molar-refractivity contribution in [2.75, 3.05) is 29.9 Å². The maximum Gasteiger partial charge on any atom is 0.226 e. The normalized spacial score (nSPS) is 10.4. The van der Waals surface area contributed by atoms with E-state index in [1.165, 1.54) is 0 Å². The van der Waals surface area contributed by atoms with E-state index < -0.39 is 0 Å². The minimum absolute atomic E-state index is 0.0297. The van der Waals surface area contributed by atoms with Gasteiger partial charge in [0.2, 0.25) is 11.8 Å². The largest absolute Gasteiger partial charge is 0.372 e. The molecular formula is C23H31N3O2. The number of nitrogens with zero attached hydrogens (tertiary/aromatic N) is 2. The highest BCUT2D eigenvalue weighted by Crippen LogP contribution is 2.18. The van der Waals surface area contributed by atoms with Crippen molar-refractivity contribution < 1.29 is 9.59 Å². The first kappa shape index (κ1) is 21.5. The van der Waals surface area contributed by atoms with Gasteiger partial charge in [-0.2, -0.15) is 0 Å². The van der Waals surface area contributed by atoms with Crippen molar-refractivity contribution in [1.82, 2.24) is 4.90 Å². The minimum Gasteiger partial charge on any atom is -0.372 e. The van der Waals surface area contributed by atoms with E-state index in [0.29, 0.717) is 13.1 Å². The molecule has 0 aromatic heterocycles. The molecule has 0 bridgehead atoms. The highest BCUT2D eigenvalue weighted by molar-refractivity contribution is 5.91. The predicted octanol–water partition coefficient (Wildman–Crippen LogP) is 4.22. The summed E-state index contributed by atoms with van der Waals surface area (Å²) in [5.74, 6) is -0.121. The van der Waals surface area contributed by atoms with E-state index in [-0.39, 0.29) is 18.2 Å². The Kier molecular flexibility index (Phi) is 8.05. The maximum atomic E-state index is 12.3. The SMILES string of the molecule is CCN(CC)c1ccc(NC(=O)CCN(Cc2cccc(C)c2)C(C)=O)cc1. The van der Waals surface area contributed by atoms with E-state index in [2.05, 4.69) is 30.1 Å². The topological polar surface area (TPSA) is 52.7 Å². The van der Waals surface area contributed by atoms with Gasteiger partial charge in [-0.3, -0.25) is 9.59 Å². The van der Waals surface area contributed by atoms with Crippen LogP contribution >= 0.6 is 0 Å². The highest BCUT2D eigenvalue weighted by Gasteiger charge is 2.12. The van der Waals surface area contributed by atoms with Crippen LogP contribution in [0, 0.1) is 6.92 Å². The van der Waals surface area contributed by atoms with E-state index in [1.807, 2.05) is 49.4 Å². The zero-order valence-electron chi connectivity index (χ0n) is 17.4. The van der Waals surface area contributed by atoms with Gasteiger partial charge >= 0.3 is 0 Å². The lowest BCUT2D eigenvalue weighted by Gasteiger charge is -2.22. The lowest BCUT2D eigenvalue weighted by molar-refractivity contribution is -0.129. The average molecular weight is 382 g/mol. The second kappa shape index (κ2) is 10.5. The zero-order valence-corrected chi connectivity index (χ0v) is 17.4. The Morgan fingerprint density at radius 1 is 1.00 bits per heavy atom. The Bertz CT molecular complexity index is 783. The standard InChI is InChI=1S/C23H31N3O2/c1-5-25(6-2)22-12-10-21(11-13-22)24-23(28)14-15-26(19(4)27)17-20-9-7-8-18(3)16-20/h7-13,16H,5-6,14-15,17H2,1-4H3,(H,24,28). The van der Waals surface area contributed by atoms with Gasteiger partial charge in [0.25, 0.3) is 0 Å². The fourth-order valence-corrected chi connectivity index (χ4v) is 3.18. The summed E-state index contributed by atoms with van der Waals surface area (Å²) >= 11 is 0. The van der Waals surface area contributed by atoms with Gasteiger partial charge in [0.15, 0.2) is 0 Å². The number of nitrogens with one attached hydrogen (secondary N) is 1. The Balaban J connectivity index is 1.89. The van der Waals surface area contributed by atoms with Crippen molar-refractivity contribution in [3.8, 4) is 0 Å². The van der Waals surface area contributed by atoms with Crippen LogP contribution in [0.1, 0.15) is 38.3 Å². The minimum atomic E-state index is -0.0916. The highest BCUT2D eigenvalue weighted by atomic mass is 16.2. The van der Waals surface area contributed by atoms with E-state index >= 15 is 0 Å². The van der Waals surface area contributed by atoms with Gasteiger partial charge in [-0.05, 0) is 50.6 Å². The number of benzene rings is 2. The molecule has 150 valence electrons. The molecule has 5 nitrogen and oxygen atoms in total. The molecule has 0 aliphatic carbocycles. The van der Waals surface area contributed by atoms with Crippen LogP contribution in [0.4, 0.5) is 11.4 Å². The van der Waals surface area contributed by atoms with Crippen LogP contribution in [0.2, 0.25) is 0 Å². The number of aryl methyl sites for hydroxylation is 1. The second-order valence-electron chi connectivity index (χ2n) is 6.95. The van der Waals surface area contributed by atoms with Gasteiger partial charge in [0.1, 0.15) is 0 Å². The number of carbonyl (C=O) groups excluding carboxylic acids is 2. The van der Waals surface area contributed by atoms with Crippen LogP contribution in [0.5, 0.6) is 0 Å². The molecular weight excluding hydrogens is 350 g/mol. The van der Waals surface area contributed by atoms with E-state index in [1.54, 1.807) is 11.8 Å². The molecule has 0 saturated heterocycles. The molecule has 0 aliphatic heterocycles. The number of carbonyl (C=O) groups is 2. The lowest BCUT2D eigenvalue weighted by Crippen LogP contribution is -2.31. The molecule has 0 spiro atoms. The number of rotatable bonds is 9. The summed E-state index contributed by atoms with van der Waals surface area (Å²) in [6.45, 7) is 10.6. The molecule has 1 N–H and O–H groups in total. The third-order valence-electron chi connectivity index (χ3n) is 4.79. The van der Waals surface area contributed by atoms with Crippen LogP contribution < -0.4 is 10.2 Å². The number of hydrogen-bond donors (Lipinski definition) is 1. The van der Waals surface area contributed by atoms with E-state index in [0.717, 1.165) is 35.6 Å². The average Bonchev–Trinajstić information content (AvgIpc) is 2.67. The molecule has 0 saturated carbocycles. The lowest BCUT2D eigenvalue weighted by atomic mass is 10.1. The van der Waals surface area contributed by atoms with Crippen LogP contribution in [0.15, 0.2) is 48.5 Å². The first-order valence-electron chi connectivity index (χ1n) is 9.88. The zero-order chi connectivity index (χ0) is 20.5. The first-order valence-corrected chi connectivity index (χ1v) is 9.88. The molecule has 0 radical (unpaired) electrons. The second-order valence-corrected chi connectivity index (χ2v) is 6.95. The molecule has 2 aromatic carbocycles. The van der Waals surface area contributed by atoms with Gasteiger partial charge in [-0.25, -0.2) is 0 Å². The van der Waals surface area contributed by atoms with Crippen molar-refractivity contribution in [1.29, 1.82) is 0 Å². The van der Waals surface area contributed by atoms with E-state index in [4.69, 9.17) is 0 Å². The van der Waals surface area contributed by atoms with Crippen molar-refractivity contribution in [3.63, 3.8) is 0 Å². The van der Waals surface area contributed by atoms with Crippen molar-refractivity contribution >= 4 is 23.2 Å². The summed E-state index contributed by atoms with van der Waals surface area (Å²) in [7, 11) is 0. The molecule has 28 heavy (non-hydrogen) atoms. The van der Waals surface area contributed by atoms with Crippen LogP contribution in [-0.4, -0.2) is 36.3 Å². The molecule has 2 amide bonds. The molecule has 5 heteroatoms. The summed E-state index contributed by atoms with van der Waals surface area (Å²) in [5, 5.41) is 2.92. The molecule has 2 aromatic rings. The summed E-state index contributed by atoms with van der Waals surface area (Å²) < 4.78 is 0. The maximum absolute atomic E-state index is 12.3. The molecule has 0 fully saturated rings. The first-order chi connectivity index (χ1) is 13.4. The van der Waals surface area contributed by atoms with Gasteiger partial charge in [-0.1, -0.05) is 29.8 Å². The molecule has 2 rings (SSSR count). The quantitative estimate of drug-likeness (QED) is 0.708. The fraction of sp³-hybridized carbons (Fsp3) is 0.391. The number of hydrogen-bond acceptors (Lipinski definition) is 3. The van der Waals surface area contributed by atoms with Gasteiger partial charge < -0.3 is 15.1 Å². The molecule has 0 atom stereocenters.